The lowest BCUT2D eigenvalue weighted by Gasteiger charge is -2.35. The molecule has 1 aliphatic heterocycles. The van der Waals surface area contributed by atoms with Gasteiger partial charge in [-0.25, -0.2) is 4.39 Å². The third-order valence-electron chi connectivity index (χ3n) is 4.21. The highest BCUT2D eigenvalue weighted by atomic mass is 19.4. The highest BCUT2D eigenvalue weighted by molar-refractivity contribution is 5.75. The van der Waals surface area contributed by atoms with Crippen LogP contribution in [0, 0.1) is 5.82 Å². The number of likely N-dealkylation sites (tertiary alicyclic amines) is 1. The number of carbonyl (C=O) groups is 1. The minimum atomic E-state index is -4.33. The molecule has 0 radical (unpaired) electrons. The smallest absolute Gasteiger partial charge is 0.354 e. The van der Waals surface area contributed by atoms with Crippen molar-refractivity contribution in [1.82, 2.24) is 10.2 Å². The molecule has 1 saturated heterocycles. The number of halogens is 4. The lowest BCUT2D eigenvalue weighted by molar-refractivity contribution is -0.144. The van der Waals surface area contributed by atoms with Crippen molar-refractivity contribution in [2.24, 2.45) is 0 Å². The zero-order valence-corrected chi connectivity index (χ0v) is 13.4. The van der Waals surface area contributed by atoms with Crippen molar-refractivity contribution in [2.45, 2.75) is 44.3 Å². The summed E-state index contributed by atoms with van der Waals surface area (Å²) in [6.45, 7) is 1.95. The predicted molar refractivity (Wildman–Crippen MR) is 82.9 cm³/mol. The molecular weight excluding hydrogens is 324 g/mol. The third-order valence-corrected chi connectivity index (χ3v) is 4.21. The minimum Gasteiger partial charge on any atom is -0.354 e. The van der Waals surface area contributed by atoms with Crippen molar-refractivity contribution in [3.05, 3.63) is 35.6 Å². The molecular formula is C17H22F4N2O. The monoisotopic (exact) mass is 346 g/mol. The Morgan fingerprint density at radius 2 is 1.75 bits per heavy atom. The zero-order valence-electron chi connectivity index (χ0n) is 13.4. The molecule has 1 N–H and O–H groups in total. The summed E-state index contributed by atoms with van der Waals surface area (Å²) in [7, 11) is 0. The highest BCUT2D eigenvalue weighted by Gasteiger charge is 2.28. The zero-order chi connectivity index (χ0) is 17.6. The Morgan fingerprint density at radius 3 is 2.33 bits per heavy atom. The second kappa shape index (κ2) is 8.46. The molecule has 3 nitrogen and oxygen atoms in total. The Balaban J connectivity index is 1.98. The van der Waals surface area contributed by atoms with Gasteiger partial charge in [0.05, 0.1) is 12.5 Å². The van der Waals surface area contributed by atoms with Gasteiger partial charge in [0.2, 0.25) is 5.91 Å². The predicted octanol–water partition coefficient (Wildman–Crippen LogP) is 3.81. The van der Waals surface area contributed by atoms with Crippen molar-refractivity contribution in [3.63, 3.8) is 0 Å². The first-order chi connectivity index (χ1) is 11.3. The molecule has 1 heterocycles. The van der Waals surface area contributed by atoms with Crippen molar-refractivity contribution in [3.8, 4) is 0 Å². The van der Waals surface area contributed by atoms with Gasteiger partial charge in [-0.05, 0) is 43.6 Å². The number of piperidine rings is 1. The minimum absolute atomic E-state index is 0.152. The molecule has 0 bridgehead atoms. The van der Waals surface area contributed by atoms with Gasteiger partial charge < -0.3 is 5.32 Å². The van der Waals surface area contributed by atoms with Crippen molar-refractivity contribution < 1.29 is 22.4 Å². The summed E-state index contributed by atoms with van der Waals surface area (Å²) in [5.41, 5.74) is 0.856. The molecule has 1 aliphatic rings. The fourth-order valence-corrected chi connectivity index (χ4v) is 2.93. The number of rotatable bonds is 6. The Labute approximate surface area is 139 Å². The van der Waals surface area contributed by atoms with E-state index in [4.69, 9.17) is 0 Å². The largest absolute Gasteiger partial charge is 0.389 e. The van der Waals surface area contributed by atoms with E-state index in [-0.39, 0.29) is 18.4 Å². The third kappa shape index (κ3) is 6.11. The van der Waals surface area contributed by atoms with Gasteiger partial charge in [-0.2, -0.15) is 13.2 Å². The maximum Gasteiger partial charge on any atom is 0.389 e. The van der Waals surface area contributed by atoms with E-state index in [1.54, 1.807) is 12.1 Å². The standard InChI is InChI=1S/C17H22F4N2O/c18-14-6-4-13(5-7-14)15(23-10-2-1-3-11-23)12-22-16(24)8-9-17(19,20)21/h4-7,15H,1-3,8-12H2,(H,22,24)/t15-/m1/s1. The van der Waals surface area contributed by atoms with Crippen molar-refractivity contribution in [2.75, 3.05) is 19.6 Å². The number of nitrogens with zero attached hydrogens (tertiary/aromatic N) is 1. The van der Waals surface area contributed by atoms with E-state index < -0.39 is 24.9 Å². The molecule has 1 fully saturated rings. The normalized spacial score (nSPS) is 17.5. The molecule has 24 heavy (non-hydrogen) atoms. The van der Waals surface area contributed by atoms with E-state index in [0.717, 1.165) is 37.9 Å². The second-order valence-electron chi connectivity index (χ2n) is 6.08. The van der Waals surface area contributed by atoms with Crippen LogP contribution in [0.3, 0.4) is 0 Å². The van der Waals surface area contributed by atoms with E-state index in [2.05, 4.69) is 10.2 Å². The fourth-order valence-electron chi connectivity index (χ4n) is 2.93. The van der Waals surface area contributed by atoms with Crippen LogP contribution in [0.5, 0.6) is 0 Å². The number of carbonyl (C=O) groups excluding carboxylic acids is 1. The van der Waals surface area contributed by atoms with Crippen LogP contribution in [0.1, 0.15) is 43.7 Å². The van der Waals surface area contributed by atoms with Gasteiger partial charge in [-0.3, -0.25) is 9.69 Å². The van der Waals surface area contributed by atoms with Gasteiger partial charge in [0, 0.05) is 13.0 Å². The maximum absolute atomic E-state index is 13.1. The fraction of sp³-hybridized carbons (Fsp3) is 0.588. The lowest BCUT2D eigenvalue weighted by Crippen LogP contribution is -2.40. The molecule has 0 saturated carbocycles. The Hall–Kier alpha value is -1.63. The maximum atomic E-state index is 13.1. The Kier molecular flexibility index (Phi) is 6.60. The highest BCUT2D eigenvalue weighted by Crippen LogP contribution is 2.25. The van der Waals surface area contributed by atoms with Gasteiger partial charge in [-0.1, -0.05) is 18.6 Å². The second-order valence-corrected chi connectivity index (χ2v) is 6.08. The molecule has 0 aliphatic carbocycles. The Morgan fingerprint density at radius 1 is 1.12 bits per heavy atom. The number of benzene rings is 1. The summed E-state index contributed by atoms with van der Waals surface area (Å²) in [5, 5.41) is 2.59. The average molecular weight is 346 g/mol. The van der Waals surface area contributed by atoms with Crippen LogP contribution in [0.4, 0.5) is 17.6 Å². The summed E-state index contributed by atoms with van der Waals surface area (Å²) in [6.07, 6.45) is -2.80. The quantitative estimate of drug-likeness (QED) is 0.795. The van der Waals surface area contributed by atoms with E-state index in [1.165, 1.54) is 12.1 Å². The van der Waals surface area contributed by atoms with Crippen LogP contribution in [0.25, 0.3) is 0 Å². The first-order valence-corrected chi connectivity index (χ1v) is 8.18. The summed E-state index contributed by atoms with van der Waals surface area (Å²) < 4.78 is 49.7. The molecule has 1 aromatic carbocycles. The topological polar surface area (TPSA) is 32.3 Å². The summed E-state index contributed by atoms with van der Waals surface area (Å²) in [4.78, 5) is 13.9. The first-order valence-electron chi connectivity index (χ1n) is 8.18. The van der Waals surface area contributed by atoms with Crippen LogP contribution in [0.15, 0.2) is 24.3 Å². The molecule has 0 aromatic heterocycles. The number of hydrogen-bond acceptors (Lipinski definition) is 2. The molecule has 1 atom stereocenters. The van der Waals surface area contributed by atoms with Crippen LogP contribution in [0.2, 0.25) is 0 Å². The molecule has 2 rings (SSSR count). The van der Waals surface area contributed by atoms with E-state index in [1.807, 2.05) is 0 Å². The number of hydrogen-bond donors (Lipinski definition) is 1. The molecule has 134 valence electrons. The molecule has 7 heteroatoms. The van der Waals surface area contributed by atoms with Gasteiger partial charge in [-0.15, -0.1) is 0 Å². The molecule has 0 unspecified atom stereocenters. The van der Waals surface area contributed by atoms with E-state index in [9.17, 15) is 22.4 Å². The lowest BCUT2D eigenvalue weighted by atomic mass is 10.0. The van der Waals surface area contributed by atoms with Crippen molar-refractivity contribution in [1.29, 1.82) is 0 Å². The average Bonchev–Trinajstić information content (AvgIpc) is 2.55. The number of nitrogens with one attached hydrogen (secondary N) is 1. The van der Waals surface area contributed by atoms with Crippen LogP contribution < -0.4 is 5.32 Å². The molecule has 0 spiro atoms. The SMILES string of the molecule is O=C(CCC(F)(F)F)NC[C@H](c1ccc(F)cc1)N1CCCCC1. The number of amides is 1. The van der Waals surface area contributed by atoms with E-state index in [0.29, 0.717) is 0 Å². The summed E-state index contributed by atoms with van der Waals surface area (Å²) >= 11 is 0. The van der Waals surface area contributed by atoms with Crippen LogP contribution >= 0.6 is 0 Å². The first kappa shape index (κ1) is 18.7. The van der Waals surface area contributed by atoms with Crippen molar-refractivity contribution >= 4 is 5.91 Å². The van der Waals surface area contributed by atoms with Gasteiger partial charge in [0.1, 0.15) is 5.82 Å². The van der Waals surface area contributed by atoms with Crippen LogP contribution in [-0.2, 0) is 4.79 Å². The van der Waals surface area contributed by atoms with Gasteiger partial charge in [0.25, 0.3) is 0 Å². The van der Waals surface area contributed by atoms with Crippen LogP contribution in [-0.4, -0.2) is 36.6 Å². The van der Waals surface area contributed by atoms with Gasteiger partial charge in [0.15, 0.2) is 0 Å². The van der Waals surface area contributed by atoms with E-state index >= 15 is 0 Å². The number of alkyl halides is 3. The summed E-state index contributed by atoms with van der Waals surface area (Å²) in [6, 6.07) is 5.89. The Bertz CT molecular complexity index is 524. The molecule has 1 amide bonds. The summed E-state index contributed by atoms with van der Waals surface area (Å²) in [5.74, 6) is -0.957. The molecule has 1 aromatic rings. The van der Waals surface area contributed by atoms with Gasteiger partial charge >= 0.3 is 6.18 Å².